The molecule has 0 radical (unpaired) electrons. The molecule has 0 saturated carbocycles. The Labute approximate surface area is 208 Å². The molecule has 0 fully saturated rings. The predicted octanol–water partition coefficient (Wildman–Crippen LogP) is 6.27. The van der Waals surface area contributed by atoms with Crippen molar-refractivity contribution in [2.45, 2.75) is 0 Å². The Morgan fingerprint density at radius 2 is 1.17 bits per heavy atom. The number of fused-ring (bicyclic) bond motifs is 5. The van der Waals surface area contributed by atoms with E-state index >= 15 is 0 Å². The molecule has 5 nitrogen and oxygen atoms in total. The van der Waals surface area contributed by atoms with E-state index in [4.69, 9.17) is 19.7 Å². The van der Waals surface area contributed by atoms with Crippen molar-refractivity contribution in [3.63, 3.8) is 0 Å². The lowest BCUT2D eigenvalue weighted by molar-refractivity contribution is 0.414. The first kappa shape index (κ1) is 20.5. The van der Waals surface area contributed by atoms with Gasteiger partial charge in [0.1, 0.15) is 5.75 Å². The van der Waals surface area contributed by atoms with Gasteiger partial charge >= 0.3 is 0 Å². The van der Waals surface area contributed by atoms with Crippen molar-refractivity contribution in [3.05, 3.63) is 132 Å². The molecule has 5 heteroatoms. The van der Waals surface area contributed by atoms with Crippen LogP contribution in [0.2, 0.25) is 0 Å². The molecule has 170 valence electrons. The molecule has 2 aromatic carbocycles. The summed E-state index contributed by atoms with van der Waals surface area (Å²) in [7, 11) is 1.71. The van der Waals surface area contributed by atoms with Crippen molar-refractivity contribution < 1.29 is 4.74 Å². The first-order valence-corrected chi connectivity index (χ1v) is 11.8. The van der Waals surface area contributed by atoms with Crippen molar-refractivity contribution in [1.29, 1.82) is 0 Å². The minimum atomic E-state index is 0.804. The Kier molecular flexibility index (Phi) is 4.61. The van der Waals surface area contributed by atoms with Gasteiger partial charge in [-0.3, -0.25) is 0 Å². The van der Waals surface area contributed by atoms with Gasteiger partial charge in [-0.25, -0.2) is 20.0 Å². The van der Waals surface area contributed by atoms with E-state index in [0.717, 1.165) is 73.3 Å². The summed E-state index contributed by atoms with van der Waals surface area (Å²) in [6.45, 7) is 0. The van der Waals surface area contributed by atoms with Gasteiger partial charge in [0.2, 0.25) is 0 Å². The van der Waals surface area contributed by atoms with E-state index in [2.05, 4.69) is 35.3 Å². The summed E-state index contributed by atoms with van der Waals surface area (Å²) >= 11 is 0. The SMILES string of the molecule is COc1ccc2ccccc2c1C1=CC2=NC1=CC1=NC(=CC3=NC(=CC4=NC(=C2)C=C4)C=C3)C=C1. The maximum atomic E-state index is 5.82. The maximum Gasteiger partial charge on any atom is 0.127 e. The molecule has 5 heterocycles. The number of aliphatic imine (C=N–C) groups is 4. The van der Waals surface area contributed by atoms with E-state index in [1.54, 1.807) is 7.11 Å². The molecule has 0 aromatic heterocycles. The average Bonchev–Trinajstić information content (AvgIpc) is 3.69. The van der Waals surface area contributed by atoms with Crippen LogP contribution in [-0.4, -0.2) is 30.0 Å². The first-order valence-electron chi connectivity index (χ1n) is 11.8. The van der Waals surface area contributed by atoms with Crippen LogP contribution in [0.1, 0.15) is 5.56 Å². The van der Waals surface area contributed by atoms with Gasteiger partial charge in [-0.05, 0) is 83.7 Å². The Bertz CT molecular complexity index is 1740. The highest BCUT2D eigenvalue weighted by atomic mass is 16.5. The van der Waals surface area contributed by atoms with Gasteiger partial charge in [-0.1, -0.05) is 30.3 Å². The number of benzene rings is 2. The lowest BCUT2D eigenvalue weighted by Crippen LogP contribution is -1.96. The van der Waals surface area contributed by atoms with Crippen molar-refractivity contribution in [2.75, 3.05) is 7.11 Å². The van der Waals surface area contributed by atoms with Crippen LogP contribution in [0.25, 0.3) is 16.3 Å². The molecule has 0 amide bonds. The summed E-state index contributed by atoms with van der Waals surface area (Å²) < 4.78 is 5.82. The topological polar surface area (TPSA) is 58.7 Å². The van der Waals surface area contributed by atoms with Crippen LogP contribution >= 0.6 is 0 Å². The zero-order chi connectivity index (χ0) is 24.1. The van der Waals surface area contributed by atoms with Crippen LogP contribution in [0.15, 0.2) is 146 Å². The lowest BCUT2D eigenvalue weighted by atomic mass is 9.94. The standard InChI is InChI=1S/C31H20N4O/c1-36-30-13-6-19-4-2-3-5-27(19)31(30)28-17-26-16-24-10-9-22(33-24)14-20-7-8-21(32-20)15-23-11-12-25(34-23)18-29(28)35-26/h2-18H,1H3. The fourth-order valence-electron chi connectivity index (χ4n) is 4.80. The van der Waals surface area contributed by atoms with Gasteiger partial charge in [0.15, 0.2) is 0 Å². The van der Waals surface area contributed by atoms with Gasteiger partial charge in [-0.2, -0.15) is 0 Å². The molecule has 0 N–H and O–H groups in total. The lowest BCUT2D eigenvalue weighted by Gasteiger charge is -2.14. The second kappa shape index (κ2) is 8.10. The van der Waals surface area contributed by atoms with Gasteiger partial charge in [-0.15, -0.1) is 0 Å². The Morgan fingerprint density at radius 3 is 1.83 bits per heavy atom. The predicted molar refractivity (Wildman–Crippen MR) is 148 cm³/mol. The van der Waals surface area contributed by atoms with E-state index < -0.39 is 0 Å². The number of ether oxygens (including phenoxy) is 1. The third-order valence-electron chi connectivity index (χ3n) is 6.42. The molecule has 7 rings (SSSR count). The molecule has 0 aliphatic carbocycles. The van der Waals surface area contributed by atoms with Crippen LogP contribution in [0, 0.1) is 0 Å². The molecule has 8 bridgehead atoms. The fraction of sp³-hybridized carbons (Fsp3) is 0.0323. The highest BCUT2D eigenvalue weighted by molar-refractivity contribution is 6.21. The summed E-state index contributed by atoms with van der Waals surface area (Å²) in [5.74, 6) is 0.804. The van der Waals surface area contributed by atoms with Crippen LogP contribution in [0.3, 0.4) is 0 Å². The Hall–Kier alpha value is -4.90. The monoisotopic (exact) mass is 464 g/mol. The Balaban J connectivity index is 1.44. The van der Waals surface area contributed by atoms with E-state index in [1.807, 2.05) is 72.9 Å². The van der Waals surface area contributed by atoms with E-state index in [-0.39, 0.29) is 0 Å². The van der Waals surface area contributed by atoms with Crippen LogP contribution < -0.4 is 4.74 Å². The second-order valence-corrected chi connectivity index (χ2v) is 8.81. The van der Waals surface area contributed by atoms with Crippen molar-refractivity contribution in [1.82, 2.24) is 0 Å². The molecule has 0 saturated heterocycles. The summed E-state index contributed by atoms with van der Waals surface area (Å²) in [5, 5.41) is 2.26. The van der Waals surface area contributed by atoms with Gasteiger partial charge in [0, 0.05) is 11.1 Å². The molecule has 2 aromatic rings. The highest BCUT2D eigenvalue weighted by Gasteiger charge is 2.22. The minimum absolute atomic E-state index is 0.804. The number of hydrogen-bond donors (Lipinski definition) is 0. The smallest absolute Gasteiger partial charge is 0.127 e. The summed E-state index contributed by atoms with van der Waals surface area (Å²) in [6.07, 6.45) is 22.1. The third-order valence-corrected chi connectivity index (χ3v) is 6.42. The average molecular weight is 465 g/mol. The number of methoxy groups -OCH3 is 1. The largest absolute Gasteiger partial charge is 0.496 e. The number of hydrogen-bond acceptors (Lipinski definition) is 5. The summed E-state index contributed by atoms with van der Waals surface area (Å²) in [4.78, 5) is 19.2. The molecule has 0 unspecified atom stereocenters. The zero-order valence-corrected chi connectivity index (χ0v) is 19.5. The van der Waals surface area contributed by atoms with Gasteiger partial charge in [0.25, 0.3) is 0 Å². The number of allylic oxidation sites excluding steroid dienone is 12. The number of nitrogens with zero attached hydrogens (tertiary/aromatic N) is 4. The molecule has 0 atom stereocenters. The third kappa shape index (κ3) is 3.58. The second-order valence-electron chi connectivity index (χ2n) is 8.81. The van der Waals surface area contributed by atoms with E-state index in [0.29, 0.717) is 0 Å². The molecular formula is C31H20N4O. The van der Waals surface area contributed by atoms with E-state index in [1.165, 1.54) is 0 Å². The van der Waals surface area contributed by atoms with Gasteiger partial charge < -0.3 is 4.74 Å². The van der Waals surface area contributed by atoms with Gasteiger partial charge in [0.05, 0.1) is 52.7 Å². The molecular weight excluding hydrogens is 444 g/mol. The van der Waals surface area contributed by atoms with Crippen molar-refractivity contribution in [2.24, 2.45) is 20.0 Å². The first-order chi connectivity index (χ1) is 17.7. The van der Waals surface area contributed by atoms with E-state index in [9.17, 15) is 0 Å². The van der Waals surface area contributed by atoms with Crippen LogP contribution in [-0.2, 0) is 0 Å². The minimum Gasteiger partial charge on any atom is -0.496 e. The maximum absolute atomic E-state index is 5.82. The molecule has 36 heavy (non-hydrogen) atoms. The molecule has 5 aliphatic rings. The van der Waals surface area contributed by atoms with Crippen LogP contribution in [0.4, 0.5) is 0 Å². The van der Waals surface area contributed by atoms with Crippen molar-refractivity contribution in [3.8, 4) is 5.75 Å². The quantitative estimate of drug-likeness (QED) is 0.517. The number of rotatable bonds is 2. The van der Waals surface area contributed by atoms with Crippen LogP contribution in [0.5, 0.6) is 5.75 Å². The highest BCUT2D eigenvalue weighted by Crippen LogP contribution is 2.40. The van der Waals surface area contributed by atoms with Crippen molar-refractivity contribution >= 4 is 39.2 Å². The Morgan fingerprint density at radius 1 is 0.556 bits per heavy atom. The fourth-order valence-corrected chi connectivity index (χ4v) is 4.80. The summed E-state index contributed by atoms with van der Waals surface area (Å²) in [6, 6.07) is 12.4. The molecule has 0 spiro atoms. The zero-order valence-electron chi connectivity index (χ0n) is 19.5. The molecule has 5 aliphatic heterocycles. The summed E-state index contributed by atoms with van der Waals surface area (Å²) in [5.41, 5.74) is 8.81. The normalized spacial score (nSPS) is 19.3.